The topological polar surface area (TPSA) is 64.0 Å². The number of nitrogens with zero attached hydrogens (tertiary/aromatic N) is 2. The number of nitrogens with one attached hydrogen (secondary N) is 1. The molecule has 0 spiro atoms. The molecule has 174 valence electrons. The highest BCUT2D eigenvalue weighted by Crippen LogP contribution is 2.34. The first-order valence-electron chi connectivity index (χ1n) is 10.4. The quantitative estimate of drug-likeness (QED) is 0.280. The summed E-state index contributed by atoms with van der Waals surface area (Å²) < 4.78 is 41.2. The number of carbonyl (C=O) groups is 1. The van der Waals surface area contributed by atoms with Crippen molar-refractivity contribution in [2.75, 3.05) is 11.1 Å². The average molecular weight is 484 g/mol. The van der Waals surface area contributed by atoms with Gasteiger partial charge in [-0.25, -0.2) is 4.98 Å². The van der Waals surface area contributed by atoms with Gasteiger partial charge in [0.05, 0.1) is 33.9 Å². The van der Waals surface area contributed by atoms with Crippen LogP contribution in [0, 0.1) is 0 Å². The Kier molecular flexibility index (Phi) is 6.74. The second-order valence-corrected chi connectivity index (χ2v) is 8.50. The molecule has 0 saturated heterocycles. The molecule has 0 aliphatic carbocycles. The summed E-state index contributed by atoms with van der Waals surface area (Å²) in [5.41, 5.74) is -0.136. The molecule has 9 heteroatoms. The van der Waals surface area contributed by atoms with Gasteiger partial charge in [-0.15, -0.1) is 0 Å². The molecule has 0 radical (unpaired) electrons. The van der Waals surface area contributed by atoms with E-state index in [-0.39, 0.29) is 23.0 Å². The Morgan fingerprint density at radius 1 is 1.00 bits per heavy atom. The van der Waals surface area contributed by atoms with Crippen molar-refractivity contribution in [2.24, 2.45) is 0 Å². The normalized spacial score (nSPS) is 12.5. The van der Waals surface area contributed by atoms with E-state index in [1.807, 2.05) is 37.3 Å². The summed E-state index contributed by atoms with van der Waals surface area (Å²) in [5.74, 6) is -0.860. The van der Waals surface area contributed by atoms with Crippen LogP contribution >= 0.6 is 11.8 Å². The third kappa shape index (κ3) is 4.99. The number of aromatic nitrogens is 2. The van der Waals surface area contributed by atoms with Gasteiger partial charge in [-0.1, -0.05) is 66.4 Å². The lowest BCUT2D eigenvalue weighted by Gasteiger charge is -2.20. The molecule has 1 unspecified atom stereocenters. The number of rotatable bonds is 6. The summed E-state index contributed by atoms with van der Waals surface area (Å²) in [5, 5.41) is 3.07. The smallest absolute Gasteiger partial charge is 0.325 e. The second-order valence-electron chi connectivity index (χ2n) is 7.55. The summed E-state index contributed by atoms with van der Waals surface area (Å²) in [7, 11) is 0. The van der Waals surface area contributed by atoms with Crippen LogP contribution in [0.25, 0.3) is 10.9 Å². The van der Waals surface area contributed by atoms with Crippen molar-refractivity contribution in [3.63, 3.8) is 0 Å². The number of hydrogen-bond donors (Lipinski definition) is 1. The number of benzene rings is 3. The highest BCUT2D eigenvalue weighted by Gasteiger charge is 2.33. The molecular formula is C25H20F3N3O2S. The van der Waals surface area contributed by atoms with E-state index in [9.17, 15) is 22.8 Å². The van der Waals surface area contributed by atoms with Gasteiger partial charge in [-0.3, -0.25) is 14.2 Å². The number of carbonyl (C=O) groups excluding carboxylic acids is 1. The Labute approximate surface area is 197 Å². The molecule has 0 aliphatic rings. The number of para-hydroxylation sites is 2. The number of halogens is 3. The first-order chi connectivity index (χ1) is 16.3. The monoisotopic (exact) mass is 483 g/mol. The number of alkyl halides is 3. The Balaban J connectivity index is 1.64. The number of thioether (sulfide) groups is 1. The third-order valence-corrected chi connectivity index (χ3v) is 6.24. The van der Waals surface area contributed by atoms with Crippen LogP contribution in [0.1, 0.15) is 24.1 Å². The molecule has 4 rings (SSSR count). The summed E-state index contributed by atoms with van der Waals surface area (Å²) in [6.07, 6.45) is -4.59. The zero-order chi connectivity index (χ0) is 24.3. The Morgan fingerprint density at radius 3 is 2.38 bits per heavy atom. The fraction of sp³-hybridized carbons (Fsp3) is 0.160. The summed E-state index contributed by atoms with van der Waals surface area (Å²) in [4.78, 5) is 30.5. The molecule has 1 atom stereocenters. The predicted octanol–water partition coefficient (Wildman–Crippen LogP) is 5.76. The highest BCUT2D eigenvalue weighted by atomic mass is 32.2. The second kappa shape index (κ2) is 9.72. The van der Waals surface area contributed by atoms with Crippen molar-refractivity contribution in [2.45, 2.75) is 24.3 Å². The Morgan fingerprint density at radius 2 is 1.65 bits per heavy atom. The SMILES string of the molecule is CC(c1ccccc1)n1c(SCC(=O)Nc2ccccc2C(F)(F)F)nc2ccccc2c1=O. The van der Waals surface area contributed by atoms with E-state index in [0.717, 1.165) is 23.4 Å². The van der Waals surface area contributed by atoms with E-state index < -0.39 is 17.6 Å². The Bertz CT molecular complexity index is 1390. The molecule has 0 saturated carbocycles. The van der Waals surface area contributed by atoms with Crippen molar-refractivity contribution in [3.05, 3.63) is 100 Å². The fourth-order valence-electron chi connectivity index (χ4n) is 3.61. The van der Waals surface area contributed by atoms with Crippen molar-refractivity contribution in [1.29, 1.82) is 0 Å². The summed E-state index contributed by atoms with van der Waals surface area (Å²) in [6, 6.07) is 20.7. The molecule has 5 nitrogen and oxygen atoms in total. The zero-order valence-electron chi connectivity index (χ0n) is 18.0. The van der Waals surface area contributed by atoms with Crippen LogP contribution in [0.5, 0.6) is 0 Å². The Hall–Kier alpha value is -3.59. The number of hydrogen-bond acceptors (Lipinski definition) is 4. The van der Waals surface area contributed by atoms with Crippen LogP contribution in [-0.2, 0) is 11.0 Å². The van der Waals surface area contributed by atoms with Gasteiger partial charge in [-0.2, -0.15) is 13.2 Å². The van der Waals surface area contributed by atoms with Crippen LogP contribution in [0.3, 0.4) is 0 Å². The molecule has 3 aromatic carbocycles. The van der Waals surface area contributed by atoms with Crippen LogP contribution in [-0.4, -0.2) is 21.2 Å². The first-order valence-corrected chi connectivity index (χ1v) is 11.4. The van der Waals surface area contributed by atoms with E-state index in [1.54, 1.807) is 24.3 Å². The van der Waals surface area contributed by atoms with E-state index in [2.05, 4.69) is 10.3 Å². The molecule has 1 N–H and O–H groups in total. The van der Waals surface area contributed by atoms with Gasteiger partial charge in [0.2, 0.25) is 5.91 Å². The van der Waals surface area contributed by atoms with E-state index >= 15 is 0 Å². The number of fused-ring (bicyclic) bond motifs is 1. The van der Waals surface area contributed by atoms with Gasteiger partial charge >= 0.3 is 6.18 Å². The van der Waals surface area contributed by atoms with Crippen LogP contribution in [0.2, 0.25) is 0 Å². The minimum absolute atomic E-state index is 0.224. The molecule has 4 aromatic rings. The maximum absolute atomic E-state index is 13.3. The largest absolute Gasteiger partial charge is 0.418 e. The molecule has 1 heterocycles. The van der Waals surface area contributed by atoms with Crippen LogP contribution in [0.15, 0.2) is 88.8 Å². The lowest BCUT2D eigenvalue weighted by Crippen LogP contribution is -2.27. The third-order valence-electron chi connectivity index (χ3n) is 5.28. The number of anilines is 1. The highest BCUT2D eigenvalue weighted by molar-refractivity contribution is 7.99. The minimum Gasteiger partial charge on any atom is -0.325 e. The lowest BCUT2D eigenvalue weighted by atomic mass is 10.1. The van der Waals surface area contributed by atoms with Crippen molar-refractivity contribution < 1.29 is 18.0 Å². The average Bonchev–Trinajstić information content (AvgIpc) is 2.83. The maximum atomic E-state index is 13.3. The van der Waals surface area contributed by atoms with E-state index in [4.69, 9.17) is 0 Å². The molecule has 0 aliphatic heterocycles. The molecular weight excluding hydrogens is 463 g/mol. The minimum atomic E-state index is -4.59. The molecule has 1 amide bonds. The summed E-state index contributed by atoms with van der Waals surface area (Å²) >= 11 is 0.998. The van der Waals surface area contributed by atoms with Gasteiger partial charge in [0.1, 0.15) is 0 Å². The predicted molar refractivity (Wildman–Crippen MR) is 127 cm³/mol. The molecule has 34 heavy (non-hydrogen) atoms. The molecule has 0 fully saturated rings. The van der Waals surface area contributed by atoms with Crippen molar-refractivity contribution in [1.82, 2.24) is 9.55 Å². The molecule has 0 bridgehead atoms. The van der Waals surface area contributed by atoms with Gasteiger partial charge in [0.15, 0.2) is 5.16 Å². The van der Waals surface area contributed by atoms with Crippen LogP contribution < -0.4 is 10.9 Å². The van der Waals surface area contributed by atoms with Gasteiger partial charge < -0.3 is 5.32 Å². The van der Waals surface area contributed by atoms with Gasteiger partial charge in [0, 0.05) is 0 Å². The van der Waals surface area contributed by atoms with Crippen LogP contribution in [0.4, 0.5) is 18.9 Å². The maximum Gasteiger partial charge on any atom is 0.418 e. The van der Waals surface area contributed by atoms with E-state index in [0.29, 0.717) is 16.1 Å². The van der Waals surface area contributed by atoms with Crippen molar-refractivity contribution >= 4 is 34.3 Å². The summed E-state index contributed by atoms with van der Waals surface area (Å²) in [6.45, 7) is 1.86. The van der Waals surface area contributed by atoms with Gasteiger partial charge in [0.25, 0.3) is 5.56 Å². The van der Waals surface area contributed by atoms with Crippen molar-refractivity contribution in [3.8, 4) is 0 Å². The standard InChI is InChI=1S/C25H20F3N3O2S/c1-16(17-9-3-2-4-10-17)31-23(33)18-11-5-7-13-20(18)30-24(31)34-15-22(32)29-21-14-8-6-12-19(21)25(26,27)28/h2-14,16H,15H2,1H3,(H,29,32). The molecule has 1 aromatic heterocycles. The first kappa shape index (κ1) is 23.6. The van der Waals surface area contributed by atoms with Gasteiger partial charge in [-0.05, 0) is 36.8 Å². The van der Waals surface area contributed by atoms with E-state index in [1.165, 1.54) is 22.8 Å². The fourth-order valence-corrected chi connectivity index (χ4v) is 4.48. The lowest BCUT2D eigenvalue weighted by molar-refractivity contribution is -0.137. The number of amides is 1. The zero-order valence-corrected chi connectivity index (χ0v) is 18.9.